The van der Waals surface area contributed by atoms with Gasteiger partial charge in [-0.2, -0.15) is 0 Å². The van der Waals surface area contributed by atoms with Crippen molar-refractivity contribution in [1.82, 2.24) is 35.4 Å². The van der Waals surface area contributed by atoms with Crippen molar-refractivity contribution >= 4 is 5.91 Å². The Balaban J connectivity index is 1.16. The lowest BCUT2D eigenvalue weighted by atomic mass is 10.1. The number of piperazine rings is 1. The molecule has 2 heterocycles. The minimum atomic E-state index is -0.196. The van der Waals surface area contributed by atoms with E-state index in [1.165, 1.54) is 17.7 Å². The van der Waals surface area contributed by atoms with Crippen molar-refractivity contribution in [3.63, 3.8) is 0 Å². The lowest BCUT2D eigenvalue weighted by Gasteiger charge is -2.38. The Morgan fingerprint density at radius 1 is 1.11 bits per heavy atom. The largest absolute Gasteiger partial charge is 0.371 e. The maximum Gasteiger partial charge on any atom is 0.251 e. The first kappa shape index (κ1) is 26.1. The van der Waals surface area contributed by atoms with E-state index in [-0.39, 0.29) is 17.8 Å². The first-order valence-corrected chi connectivity index (χ1v) is 13.4. The standard InChI is InChI=1S/C29H36FN7O/c1-21(36-18-16-35(2)17-19-36)27(4-3-13-31-28-20-26(28)22-5-9-24(30)10-6-22)33-29(38)23-7-11-25(12-8-23)37-15-14-32-34-37/h5-12,14-15,26-28,31H,1,3-4,13,16-20H2,2H3,(H,33,38)/t26-,27-,28+/m0/s1. The molecule has 38 heavy (non-hydrogen) atoms. The van der Waals surface area contributed by atoms with E-state index >= 15 is 0 Å². The van der Waals surface area contributed by atoms with Crippen LogP contribution >= 0.6 is 0 Å². The van der Waals surface area contributed by atoms with Gasteiger partial charge >= 0.3 is 0 Å². The number of hydrogen-bond acceptors (Lipinski definition) is 6. The highest BCUT2D eigenvalue weighted by molar-refractivity contribution is 5.94. The van der Waals surface area contributed by atoms with Crippen molar-refractivity contribution in [1.29, 1.82) is 0 Å². The van der Waals surface area contributed by atoms with E-state index in [4.69, 9.17) is 0 Å². The van der Waals surface area contributed by atoms with Crippen molar-refractivity contribution < 1.29 is 9.18 Å². The number of halogens is 1. The number of carbonyl (C=O) groups excluding carboxylic acids is 1. The molecule has 200 valence electrons. The van der Waals surface area contributed by atoms with E-state index < -0.39 is 0 Å². The second-order valence-electron chi connectivity index (χ2n) is 10.3. The number of nitrogens with zero attached hydrogens (tertiary/aromatic N) is 5. The SMILES string of the molecule is C=C([C@H](CCCN[C@@H]1C[C@H]1c1ccc(F)cc1)NC(=O)c1ccc(-n2ccnn2)cc1)N1CCN(C)CC1. The van der Waals surface area contributed by atoms with Gasteiger partial charge in [-0.05, 0) is 74.8 Å². The summed E-state index contributed by atoms with van der Waals surface area (Å²) in [6, 6.07) is 14.5. The van der Waals surface area contributed by atoms with Gasteiger partial charge in [-0.3, -0.25) is 4.79 Å². The topological polar surface area (TPSA) is 78.3 Å². The van der Waals surface area contributed by atoms with Crippen LogP contribution in [0.3, 0.4) is 0 Å². The zero-order chi connectivity index (χ0) is 26.5. The van der Waals surface area contributed by atoms with Crippen LogP contribution in [0.15, 0.2) is 73.2 Å². The summed E-state index contributed by atoms with van der Waals surface area (Å²) in [6.07, 6.45) is 6.17. The molecule has 3 atom stereocenters. The summed E-state index contributed by atoms with van der Waals surface area (Å²) in [7, 11) is 2.13. The number of benzene rings is 2. The third-order valence-electron chi connectivity index (χ3n) is 7.60. The number of aromatic nitrogens is 3. The van der Waals surface area contributed by atoms with Crippen LogP contribution in [0.2, 0.25) is 0 Å². The Hall–Kier alpha value is -3.56. The van der Waals surface area contributed by atoms with Gasteiger partial charge in [0.05, 0.1) is 24.1 Å². The van der Waals surface area contributed by atoms with E-state index in [0.29, 0.717) is 17.5 Å². The van der Waals surface area contributed by atoms with E-state index in [2.05, 4.69) is 44.4 Å². The highest BCUT2D eigenvalue weighted by atomic mass is 19.1. The molecule has 2 fully saturated rings. The average Bonchev–Trinajstić information content (AvgIpc) is 3.49. The predicted octanol–water partition coefficient (Wildman–Crippen LogP) is 3.19. The third-order valence-corrected chi connectivity index (χ3v) is 7.60. The fraction of sp³-hybridized carbons (Fsp3) is 0.414. The molecule has 0 bridgehead atoms. The van der Waals surface area contributed by atoms with Crippen LogP contribution < -0.4 is 10.6 Å². The van der Waals surface area contributed by atoms with Gasteiger partial charge in [0.25, 0.3) is 5.91 Å². The summed E-state index contributed by atoms with van der Waals surface area (Å²) in [5.74, 6) is 0.146. The van der Waals surface area contributed by atoms with Crippen LogP contribution in [-0.4, -0.2) is 82.6 Å². The molecule has 2 aromatic carbocycles. The van der Waals surface area contributed by atoms with E-state index in [1.807, 2.05) is 36.4 Å². The molecule has 1 aromatic heterocycles. The fourth-order valence-corrected chi connectivity index (χ4v) is 5.08. The van der Waals surface area contributed by atoms with Crippen LogP contribution in [0.1, 0.15) is 41.1 Å². The van der Waals surface area contributed by atoms with Crippen molar-refractivity contribution in [2.75, 3.05) is 39.8 Å². The van der Waals surface area contributed by atoms with Gasteiger partial charge in [-0.25, -0.2) is 9.07 Å². The van der Waals surface area contributed by atoms with Gasteiger partial charge in [0, 0.05) is 49.4 Å². The van der Waals surface area contributed by atoms with Gasteiger partial charge in [0.15, 0.2) is 0 Å². The minimum absolute atomic E-state index is 0.109. The maximum absolute atomic E-state index is 13.2. The van der Waals surface area contributed by atoms with Gasteiger partial charge in [-0.15, -0.1) is 5.10 Å². The fourth-order valence-electron chi connectivity index (χ4n) is 5.08. The van der Waals surface area contributed by atoms with Gasteiger partial charge in [0.1, 0.15) is 5.82 Å². The number of likely N-dealkylation sites (N-methyl/N-ethyl adjacent to an activating group) is 1. The zero-order valence-corrected chi connectivity index (χ0v) is 21.9. The van der Waals surface area contributed by atoms with Crippen molar-refractivity contribution in [2.45, 2.75) is 37.3 Å². The Bertz CT molecular complexity index is 1200. The number of amides is 1. The molecule has 0 unspecified atom stereocenters. The first-order valence-electron chi connectivity index (χ1n) is 13.4. The summed E-state index contributed by atoms with van der Waals surface area (Å²) >= 11 is 0. The predicted molar refractivity (Wildman–Crippen MR) is 146 cm³/mol. The molecule has 3 aromatic rings. The number of rotatable bonds is 11. The first-order chi connectivity index (χ1) is 18.5. The molecular formula is C29H36FN7O. The average molecular weight is 518 g/mol. The molecule has 2 N–H and O–H groups in total. The molecule has 1 aliphatic carbocycles. The Morgan fingerprint density at radius 2 is 1.84 bits per heavy atom. The van der Waals surface area contributed by atoms with Crippen LogP contribution in [0.5, 0.6) is 0 Å². The summed E-state index contributed by atoms with van der Waals surface area (Å²) in [5.41, 5.74) is 3.61. The Kier molecular flexibility index (Phi) is 8.14. The molecule has 1 aliphatic heterocycles. The maximum atomic E-state index is 13.2. The highest BCUT2D eigenvalue weighted by Crippen LogP contribution is 2.40. The molecule has 5 rings (SSSR count). The van der Waals surface area contributed by atoms with Crippen molar-refractivity contribution in [3.8, 4) is 5.69 Å². The van der Waals surface area contributed by atoms with Crippen LogP contribution in [0.25, 0.3) is 5.69 Å². The van der Waals surface area contributed by atoms with Crippen molar-refractivity contribution in [2.24, 2.45) is 0 Å². The number of hydrogen-bond donors (Lipinski definition) is 2. The van der Waals surface area contributed by atoms with Crippen molar-refractivity contribution in [3.05, 3.63) is 90.1 Å². The minimum Gasteiger partial charge on any atom is -0.371 e. The molecule has 1 saturated heterocycles. The quantitative estimate of drug-likeness (QED) is 0.381. The van der Waals surface area contributed by atoms with Crippen LogP contribution in [0.4, 0.5) is 4.39 Å². The normalized spacial score (nSPS) is 20.2. The highest BCUT2D eigenvalue weighted by Gasteiger charge is 2.37. The second-order valence-corrected chi connectivity index (χ2v) is 10.3. The number of carbonyl (C=O) groups is 1. The van der Waals surface area contributed by atoms with Gasteiger partial charge in [-0.1, -0.05) is 23.9 Å². The van der Waals surface area contributed by atoms with E-state index in [1.54, 1.807) is 17.1 Å². The van der Waals surface area contributed by atoms with E-state index in [0.717, 1.165) is 63.4 Å². The molecule has 1 saturated carbocycles. The zero-order valence-electron chi connectivity index (χ0n) is 21.9. The molecule has 8 nitrogen and oxygen atoms in total. The Morgan fingerprint density at radius 3 is 2.53 bits per heavy atom. The van der Waals surface area contributed by atoms with Gasteiger partial charge in [0.2, 0.25) is 0 Å². The Labute approximate surface area is 223 Å². The number of nitrogens with one attached hydrogen (secondary N) is 2. The summed E-state index contributed by atoms with van der Waals surface area (Å²) < 4.78 is 14.9. The summed E-state index contributed by atoms with van der Waals surface area (Å²) in [5, 5.41) is 14.7. The second kappa shape index (κ2) is 11.9. The smallest absolute Gasteiger partial charge is 0.251 e. The lowest BCUT2D eigenvalue weighted by Crippen LogP contribution is -2.49. The summed E-state index contributed by atoms with van der Waals surface area (Å²) in [6.45, 7) is 9.05. The van der Waals surface area contributed by atoms with Gasteiger partial charge < -0.3 is 20.4 Å². The molecular weight excluding hydrogens is 481 g/mol. The molecule has 0 radical (unpaired) electrons. The van der Waals surface area contributed by atoms with Crippen LogP contribution in [0, 0.1) is 5.82 Å². The van der Waals surface area contributed by atoms with E-state index in [9.17, 15) is 9.18 Å². The molecule has 1 amide bonds. The monoisotopic (exact) mass is 517 g/mol. The summed E-state index contributed by atoms with van der Waals surface area (Å²) in [4.78, 5) is 17.8. The molecule has 9 heteroatoms. The molecule has 0 spiro atoms. The lowest BCUT2D eigenvalue weighted by molar-refractivity contribution is 0.0929. The third kappa shape index (κ3) is 6.46. The van der Waals surface area contributed by atoms with Crippen LogP contribution in [-0.2, 0) is 0 Å². The molecule has 2 aliphatic rings.